The molecule has 1 aliphatic carbocycles. The Labute approximate surface area is 156 Å². The number of aryl methyl sites for hydroxylation is 1. The maximum atomic E-state index is 10.1. The van der Waals surface area contributed by atoms with Crippen molar-refractivity contribution in [1.82, 2.24) is 14.5 Å². The summed E-state index contributed by atoms with van der Waals surface area (Å²) in [5.41, 5.74) is 3.60. The zero-order valence-corrected chi connectivity index (χ0v) is 15.9. The summed E-state index contributed by atoms with van der Waals surface area (Å²) in [7, 11) is 2.10. The lowest BCUT2D eigenvalue weighted by Crippen LogP contribution is -2.29. The van der Waals surface area contributed by atoms with E-state index in [9.17, 15) is 4.79 Å². The minimum Gasteiger partial charge on any atom is -0.334 e. The molecule has 26 heavy (non-hydrogen) atoms. The molecule has 4 rings (SSSR count). The molecule has 1 aliphatic heterocycles. The first-order valence-electron chi connectivity index (χ1n) is 9.67. The van der Waals surface area contributed by atoms with Crippen molar-refractivity contribution in [2.75, 3.05) is 18.4 Å². The highest BCUT2D eigenvalue weighted by molar-refractivity contribution is 5.71. The van der Waals surface area contributed by atoms with E-state index in [1.54, 1.807) is 0 Å². The van der Waals surface area contributed by atoms with Gasteiger partial charge in [-0.15, -0.1) is 0 Å². The van der Waals surface area contributed by atoms with Gasteiger partial charge in [0.05, 0.1) is 5.69 Å². The average Bonchev–Trinajstić information content (AvgIpc) is 3.47. The molecular formula is C21H30N4O. The number of piperidine rings is 1. The van der Waals surface area contributed by atoms with Crippen molar-refractivity contribution in [2.45, 2.75) is 51.5 Å². The lowest BCUT2D eigenvalue weighted by atomic mass is 10.1. The van der Waals surface area contributed by atoms with Gasteiger partial charge in [0.25, 0.3) is 0 Å². The number of aromatic nitrogens is 2. The molecule has 1 saturated carbocycles. The third kappa shape index (κ3) is 5.18. The zero-order chi connectivity index (χ0) is 18.4. The topological polar surface area (TPSA) is 50.2 Å². The Balaban J connectivity index is 0.000000152. The van der Waals surface area contributed by atoms with Crippen LogP contribution >= 0.6 is 0 Å². The average molecular weight is 354 g/mol. The van der Waals surface area contributed by atoms with Crippen LogP contribution in [0.3, 0.4) is 0 Å². The summed E-state index contributed by atoms with van der Waals surface area (Å²) < 4.78 is 2.19. The first-order chi connectivity index (χ1) is 12.7. The molecule has 0 bridgehead atoms. The third-order valence-electron chi connectivity index (χ3n) is 5.34. The number of hydrogen-bond acceptors (Lipinski definition) is 3. The molecule has 0 radical (unpaired) electrons. The number of likely N-dealkylation sites (tertiary alicyclic amines) is 1. The monoisotopic (exact) mass is 354 g/mol. The predicted octanol–water partition coefficient (Wildman–Crippen LogP) is 3.85. The fourth-order valence-corrected chi connectivity index (χ4v) is 3.38. The lowest BCUT2D eigenvalue weighted by molar-refractivity contribution is -0.105. The van der Waals surface area contributed by atoms with E-state index < -0.39 is 0 Å². The molecule has 2 heterocycles. The van der Waals surface area contributed by atoms with Crippen LogP contribution in [0.1, 0.15) is 55.1 Å². The quantitative estimate of drug-likeness (QED) is 0.830. The molecule has 2 fully saturated rings. The van der Waals surface area contributed by atoms with E-state index in [4.69, 9.17) is 0 Å². The van der Waals surface area contributed by atoms with Gasteiger partial charge >= 0.3 is 0 Å². The minimum absolute atomic E-state index is 0.701. The molecule has 140 valence electrons. The molecule has 0 atom stereocenters. The normalized spacial score (nSPS) is 17.3. The van der Waals surface area contributed by atoms with Crippen LogP contribution in [-0.2, 0) is 18.4 Å². The van der Waals surface area contributed by atoms with Crippen LogP contribution in [0.2, 0.25) is 0 Å². The second-order valence-corrected chi connectivity index (χ2v) is 7.35. The molecule has 1 N–H and O–H groups in total. The van der Waals surface area contributed by atoms with Crippen LogP contribution in [0.15, 0.2) is 30.5 Å². The number of benzene rings is 1. The lowest BCUT2D eigenvalue weighted by Gasteiger charge is -2.26. The molecule has 2 aromatic rings. The number of carbonyl (C=O) groups excluding carboxylic acids is 1. The van der Waals surface area contributed by atoms with Crippen molar-refractivity contribution in [3.63, 3.8) is 0 Å². The number of imidazole rings is 1. The highest BCUT2D eigenvalue weighted by Crippen LogP contribution is 2.40. The molecule has 0 unspecified atom stereocenters. The van der Waals surface area contributed by atoms with Gasteiger partial charge in [0.1, 0.15) is 5.82 Å². The van der Waals surface area contributed by atoms with Crippen LogP contribution in [0.4, 0.5) is 5.69 Å². The summed E-state index contributed by atoms with van der Waals surface area (Å²) in [6.45, 7) is 5.63. The van der Waals surface area contributed by atoms with Gasteiger partial charge in [0.15, 0.2) is 0 Å². The van der Waals surface area contributed by atoms with E-state index in [-0.39, 0.29) is 0 Å². The number of hydrogen-bond donors (Lipinski definition) is 1. The van der Waals surface area contributed by atoms with E-state index in [1.807, 2.05) is 18.3 Å². The molecule has 0 spiro atoms. The van der Waals surface area contributed by atoms with Gasteiger partial charge in [-0.25, -0.2) is 4.98 Å². The number of rotatable bonds is 5. The number of carbonyl (C=O) groups is 1. The van der Waals surface area contributed by atoms with Gasteiger partial charge in [-0.05, 0) is 69.3 Å². The summed E-state index contributed by atoms with van der Waals surface area (Å²) in [5.74, 6) is 1.90. The highest BCUT2D eigenvalue weighted by Gasteiger charge is 2.22. The standard InChI is InChI=1S/C11H19N3.C10H11NO/c1-10-12-8-11(13(10)2)9-14-6-4-3-5-7-14;12-7-11-10-5-3-9(4-6-10)8-1-2-8/h8H,3-7,9H2,1-2H3;3-8H,1-2H2,(H,11,12). The maximum absolute atomic E-state index is 10.1. The van der Waals surface area contributed by atoms with E-state index in [2.05, 4.69) is 45.9 Å². The Morgan fingerprint density at radius 3 is 2.38 bits per heavy atom. The largest absolute Gasteiger partial charge is 0.334 e. The predicted molar refractivity (Wildman–Crippen MR) is 105 cm³/mol. The van der Waals surface area contributed by atoms with Crippen molar-refractivity contribution in [1.29, 1.82) is 0 Å². The molecular weight excluding hydrogens is 324 g/mol. The van der Waals surface area contributed by atoms with Crippen LogP contribution in [0.5, 0.6) is 0 Å². The van der Waals surface area contributed by atoms with Crippen molar-refractivity contribution >= 4 is 12.1 Å². The number of nitrogens with zero attached hydrogens (tertiary/aromatic N) is 3. The Hall–Kier alpha value is -2.14. The van der Waals surface area contributed by atoms with Gasteiger partial charge in [-0.1, -0.05) is 18.6 Å². The van der Waals surface area contributed by atoms with Crippen LogP contribution in [0.25, 0.3) is 0 Å². The summed E-state index contributed by atoms with van der Waals surface area (Å²) in [6, 6.07) is 8.07. The van der Waals surface area contributed by atoms with Crippen LogP contribution in [0, 0.1) is 6.92 Å². The molecule has 1 aromatic carbocycles. The van der Waals surface area contributed by atoms with E-state index in [1.165, 1.54) is 56.5 Å². The van der Waals surface area contributed by atoms with Gasteiger partial charge < -0.3 is 9.88 Å². The van der Waals surface area contributed by atoms with Crippen LogP contribution < -0.4 is 5.32 Å². The Bertz CT molecular complexity index is 697. The molecule has 1 saturated heterocycles. The number of nitrogens with one attached hydrogen (secondary N) is 1. The Morgan fingerprint density at radius 2 is 1.85 bits per heavy atom. The molecule has 2 aliphatic rings. The molecule has 1 aromatic heterocycles. The van der Waals surface area contributed by atoms with Crippen molar-refractivity contribution < 1.29 is 4.79 Å². The van der Waals surface area contributed by atoms with E-state index in [0.717, 1.165) is 24.0 Å². The SMILES string of the molecule is Cc1ncc(CN2CCCCC2)n1C.O=CNc1ccc(C2CC2)cc1. The Morgan fingerprint density at radius 1 is 1.15 bits per heavy atom. The van der Waals surface area contributed by atoms with Crippen molar-refractivity contribution in [3.8, 4) is 0 Å². The zero-order valence-electron chi connectivity index (χ0n) is 15.9. The Kier molecular flexibility index (Phi) is 6.45. The third-order valence-corrected chi connectivity index (χ3v) is 5.34. The van der Waals surface area contributed by atoms with E-state index >= 15 is 0 Å². The van der Waals surface area contributed by atoms with Crippen molar-refractivity contribution in [3.05, 3.63) is 47.5 Å². The fraction of sp³-hybridized carbons (Fsp3) is 0.524. The number of amides is 1. The summed E-state index contributed by atoms with van der Waals surface area (Å²) >= 11 is 0. The van der Waals surface area contributed by atoms with Gasteiger partial charge in [0, 0.05) is 25.5 Å². The highest BCUT2D eigenvalue weighted by atomic mass is 16.1. The van der Waals surface area contributed by atoms with Crippen molar-refractivity contribution in [2.24, 2.45) is 7.05 Å². The number of anilines is 1. The molecule has 1 amide bonds. The second-order valence-electron chi connectivity index (χ2n) is 7.35. The van der Waals surface area contributed by atoms with Crippen LogP contribution in [-0.4, -0.2) is 34.0 Å². The van der Waals surface area contributed by atoms with Gasteiger partial charge in [-0.3, -0.25) is 9.69 Å². The minimum atomic E-state index is 0.701. The molecule has 5 nitrogen and oxygen atoms in total. The fourth-order valence-electron chi connectivity index (χ4n) is 3.38. The molecule has 5 heteroatoms. The summed E-state index contributed by atoms with van der Waals surface area (Å²) in [6.07, 6.45) is 9.46. The van der Waals surface area contributed by atoms with E-state index in [0.29, 0.717) is 6.41 Å². The summed E-state index contributed by atoms with van der Waals surface area (Å²) in [4.78, 5) is 16.9. The first-order valence-corrected chi connectivity index (χ1v) is 9.67. The first kappa shape index (κ1) is 18.6. The van der Waals surface area contributed by atoms with Gasteiger partial charge in [-0.2, -0.15) is 0 Å². The summed E-state index contributed by atoms with van der Waals surface area (Å²) in [5, 5.41) is 2.61. The smallest absolute Gasteiger partial charge is 0.211 e. The van der Waals surface area contributed by atoms with Gasteiger partial charge in [0.2, 0.25) is 6.41 Å². The second kappa shape index (κ2) is 8.99. The maximum Gasteiger partial charge on any atom is 0.211 e.